The zero-order valence-electron chi connectivity index (χ0n) is 19.7. The number of halogens is 1. The summed E-state index contributed by atoms with van der Waals surface area (Å²) < 4.78 is 13.5. The number of benzene rings is 2. The van der Waals surface area contributed by atoms with E-state index >= 15 is 0 Å². The van der Waals surface area contributed by atoms with Crippen molar-refractivity contribution in [2.45, 2.75) is 75.7 Å². The summed E-state index contributed by atoms with van der Waals surface area (Å²) in [4.78, 5) is 0. The van der Waals surface area contributed by atoms with Gasteiger partial charge >= 0.3 is 0 Å². The van der Waals surface area contributed by atoms with Gasteiger partial charge in [-0.05, 0) is 34.7 Å². The summed E-state index contributed by atoms with van der Waals surface area (Å²) in [5.74, 6) is 0. The Labute approximate surface area is 199 Å². The molecule has 0 amide bonds. The second kappa shape index (κ2) is 11.1. The highest BCUT2D eigenvalue weighted by atomic mass is 35.5. The van der Waals surface area contributed by atoms with Gasteiger partial charge in [-0.1, -0.05) is 101 Å². The Morgan fingerprint density at radius 3 is 1.97 bits per heavy atom. The average Bonchev–Trinajstić information content (AvgIpc) is 2.85. The fourth-order valence-electron chi connectivity index (χ4n) is 4.65. The third-order valence-corrected chi connectivity index (χ3v) is 11.8. The van der Waals surface area contributed by atoms with Gasteiger partial charge in [-0.3, -0.25) is 0 Å². The molecule has 0 fully saturated rings. The Morgan fingerprint density at radius 2 is 1.47 bits per heavy atom. The first-order valence-corrected chi connectivity index (χ1v) is 14.0. The Kier molecular flexibility index (Phi) is 8.76. The average molecular weight is 473 g/mol. The van der Waals surface area contributed by atoms with E-state index in [-0.39, 0.29) is 22.6 Å². The lowest BCUT2D eigenvalue weighted by Crippen LogP contribution is -2.67. The molecule has 1 N–H and O–H groups in total. The summed E-state index contributed by atoms with van der Waals surface area (Å²) >= 11 is 6.81. The van der Waals surface area contributed by atoms with Crippen molar-refractivity contribution in [3.63, 3.8) is 0 Å². The third kappa shape index (κ3) is 5.55. The summed E-state index contributed by atoms with van der Waals surface area (Å²) in [5.41, 5.74) is 0. The van der Waals surface area contributed by atoms with Crippen molar-refractivity contribution in [1.29, 1.82) is 0 Å². The molecular formula is C27H37ClO3Si. The molecule has 0 saturated carbocycles. The Hall–Kier alpha value is -1.43. The fourth-order valence-corrected chi connectivity index (χ4v) is 9.45. The molecule has 3 rings (SSSR count). The zero-order valence-corrected chi connectivity index (χ0v) is 21.5. The smallest absolute Gasteiger partial charge is 0.261 e. The van der Waals surface area contributed by atoms with Gasteiger partial charge in [0.15, 0.2) is 0 Å². The first-order valence-electron chi connectivity index (χ1n) is 11.7. The van der Waals surface area contributed by atoms with Crippen LogP contribution in [0.4, 0.5) is 0 Å². The normalized spacial score (nSPS) is 26.1. The van der Waals surface area contributed by atoms with Gasteiger partial charge < -0.3 is 14.3 Å². The van der Waals surface area contributed by atoms with Crippen LogP contribution in [0.1, 0.15) is 47.0 Å². The minimum Gasteiger partial charge on any atom is -0.405 e. The van der Waals surface area contributed by atoms with E-state index in [0.29, 0.717) is 19.4 Å². The molecule has 174 valence electrons. The van der Waals surface area contributed by atoms with Crippen molar-refractivity contribution in [3.8, 4) is 0 Å². The van der Waals surface area contributed by atoms with E-state index in [1.165, 1.54) is 10.4 Å². The van der Waals surface area contributed by atoms with Gasteiger partial charge in [0.2, 0.25) is 0 Å². The summed E-state index contributed by atoms with van der Waals surface area (Å²) in [6, 6.07) is 21.2. The van der Waals surface area contributed by atoms with Gasteiger partial charge in [0.1, 0.15) is 0 Å². The van der Waals surface area contributed by atoms with Crippen LogP contribution in [0.3, 0.4) is 0 Å². The topological polar surface area (TPSA) is 38.7 Å². The molecule has 0 bridgehead atoms. The quantitative estimate of drug-likeness (QED) is 0.363. The summed E-state index contributed by atoms with van der Waals surface area (Å²) in [6.45, 7) is 9.23. The van der Waals surface area contributed by atoms with Crippen LogP contribution in [-0.2, 0) is 9.16 Å². The molecule has 32 heavy (non-hydrogen) atoms. The van der Waals surface area contributed by atoms with Crippen LogP contribution in [0, 0.1) is 0 Å². The standard InChI is InChI=1S/C27H37ClO3Si/c1-5-25-24(29)19-13-12-18-23(28)26(31-25)20-30-32(27(2,3)4,21-14-8-6-9-15-21)22-16-10-7-11-17-22/h6-17,23-26,29H,5,18-20H2,1-4H3/b13-12-/t23-,24+,25-,26-/m1/s1. The lowest BCUT2D eigenvalue weighted by molar-refractivity contribution is -0.0893. The maximum Gasteiger partial charge on any atom is 0.261 e. The van der Waals surface area contributed by atoms with E-state index in [4.69, 9.17) is 20.8 Å². The molecule has 2 aromatic carbocycles. The molecule has 1 aliphatic heterocycles. The Bertz CT molecular complexity index is 811. The maximum atomic E-state index is 10.6. The zero-order chi connectivity index (χ0) is 23.2. The first kappa shape index (κ1) is 25.2. The van der Waals surface area contributed by atoms with Crippen molar-refractivity contribution in [3.05, 3.63) is 72.8 Å². The van der Waals surface area contributed by atoms with E-state index in [1.807, 2.05) is 25.1 Å². The largest absolute Gasteiger partial charge is 0.405 e. The van der Waals surface area contributed by atoms with Crippen LogP contribution in [0.25, 0.3) is 0 Å². The number of aliphatic hydroxyl groups excluding tert-OH is 1. The molecule has 0 radical (unpaired) electrons. The number of ether oxygens (including phenoxy) is 1. The Morgan fingerprint density at radius 1 is 0.938 bits per heavy atom. The number of alkyl halides is 1. The number of hydrogen-bond donors (Lipinski definition) is 1. The first-order chi connectivity index (χ1) is 15.3. The predicted molar refractivity (Wildman–Crippen MR) is 137 cm³/mol. The van der Waals surface area contributed by atoms with Crippen LogP contribution >= 0.6 is 11.6 Å². The molecule has 0 saturated heterocycles. The molecule has 2 aromatic rings. The molecule has 3 nitrogen and oxygen atoms in total. The van der Waals surface area contributed by atoms with Crippen molar-refractivity contribution in [2.24, 2.45) is 0 Å². The second-order valence-electron chi connectivity index (χ2n) is 9.62. The summed E-state index contributed by atoms with van der Waals surface area (Å²) in [5, 5.41) is 12.7. The monoisotopic (exact) mass is 472 g/mol. The molecule has 0 unspecified atom stereocenters. The summed E-state index contributed by atoms with van der Waals surface area (Å²) in [6.07, 6.45) is 4.98. The second-order valence-corrected chi connectivity index (χ2v) is 14.5. The van der Waals surface area contributed by atoms with Gasteiger partial charge in [-0.15, -0.1) is 11.6 Å². The predicted octanol–water partition coefficient (Wildman–Crippen LogP) is 5.05. The van der Waals surface area contributed by atoms with Gasteiger partial charge in [0.25, 0.3) is 8.32 Å². The SMILES string of the molecule is CC[C@H]1O[C@H](CO[Si](c2ccccc2)(c2ccccc2)C(C)(C)C)[C@H](Cl)C/C=C\C[C@@H]1O. The number of hydrogen-bond acceptors (Lipinski definition) is 3. The molecule has 0 aliphatic carbocycles. The van der Waals surface area contributed by atoms with Gasteiger partial charge in [-0.25, -0.2) is 0 Å². The minimum absolute atomic E-state index is 0.112. The highest BCUT2D eigenvalue weighted by molar-refractivity contribution is 6.99. The number of allylic oxidation sites excluding steroid dienone is 1. The van der Waals surface area contributed by atoms with Crippen LogP contribution in [-0.4, -0.2) is 43.7 Å². The highest BCUT2D eigenvalue weighted by Crippen LogP contribution is 2.37. The molecule has 1 heterocycles. The number of rotatable bonds is 6. The van der Waals surface area contributed by atoms with E-state index in [2.05, 4.69) is 75.4 Å². The van der Waals surface area contributed by atoms with Crippen molar-refractivity contribution in [2.75, 3.05) is 6.61 Å². The van der Waals surface area contributed by atoms with E-state index in [0.717, 1.165) is 6.42 Å². The third-order valence-electron chi connectivity index (χ3n) is 6.37. The lowest BCUT2D eigenvalue weighted by atomic mass is 10.1. The molecular weight excluding hydrogens is 436 g/mol. The van der Waals surface area contributed by atoms with Crippen molar-refractivity contribution in [1.82, 2.24) is 0 Å². The molecule has 1 aliphatic rings. The van der Waals surface area contributed by atoms with E-state index < -0.39 is 14.4 Å². The van der Waals surface area contributed by atoms with Gasteiger partial charge in [-0.2, -0.15) is 0 Å². The molecule has 0 aromatic heterocycles. The van der Waals surface area contributed by atoms with Gasteiger partial charge in [0.05, 0.1) is 30.3 Å². The van der Waals surface area contributed by atoms with E-state index in [9.17, 15) is 5.11 Å². The number of aliphatic hydroxyl groups is 1. The maximum absolute atomic E-state index is 10.6. The molecule has 0 spiro atoms. The van der Waals surface area contributed by atoms with Crippen molar-refractivity contribution >= 4 is 30.3 Å². The minimum atomic E-state index is -2.67. The van der Waals surface area contributed by atoms with Crippen molar-refractivity contribution < 1.29 is 14.3 Å². The van der Waals surface area contributed by atoms with Crippen LogP contribution in [0.5, 0.6) is 0 Å². The van der Waals surface area contributed by atoms with Crippen LogP contribution < -0.4 is 10.4 Å². The Balaban J connectivity index is 2.00. The lowest BCUT2D eigenvalue weighted by Gasteiger charge is -2.44. The molecule has 4 atom stereocenters. The highest BCUT2D eigenvalue weighted by Gasteiger charge is 2.50. The van der Waals surface area contributed by atoms with Crippen LogP contribution in [0.15, 0.2) is 72.8 Å². The summed E-state index contributed by atoms with van der Waals surface area (Å²) in [7, 11) is -2.67. The van der Waals surface area contributed by atoms with Crippen LogP contribution in [0.2, 0.25) is 5.04 Å². The van der Waals surface area contributed by atoms with Gasteiger partial charge in [0, 0.05) is 0 Å². The fraction of sp³-hybridized carbons (Fsp3) is 0.481. The molecule has 5 heteroatoms. The van der Waals surface area contributed by atoms with E-state index in [1.54, 1.807) is 0 Å².